The molecule has 2 aromatic carbocycles. The summed E-state index contributed by atoms with van der Waals surface area (Å²) in [6, 6.07) is 9.23. The molecular formula is C23H29NO6. The number of anilines is 1. The third-order valence-corrected chi connectivity index (χ3v) is 5.30. The Bertz CT molecular complexity index is 888. The number of amides is 1. The second kappa shape index (κ2) is 9.15. The van der Waals surface area contributed by atoms with E-state index < -0.39 is 0 Å². The van der Waals surface area contributed by atoms with Crippen molar-refractivity contribution in [3.63, 3.8) is 0 Å². The van der Waals surface area contributed by atoms with E-state index in [1.165, 1.54) is 0 Å². The van der Waals surface area contributed by atoms with Gasteiger partial charge in [0.1, 0.15) is 0 Å². The summed E-state index contributed by atoms with van der Waals surface area (Å²) in [6.45, 7) is 4.57. The average molecular weight is 415 g/mol. The van der Waals surface area contributed by atoms with Gasteiger partial charge in [-0.05, 0) is 24.1 Å². The number of nitrogens with zero attached hydrogens (tertiary/aromatic N) is 1. The lowest BCUT2D eigenvalue weighted by Gasteiger charge is -2.46. The molecule has 1 aliphatic heterocycles. The summed E-state index contributed by atoms with van der Waals surface area (Å²) in [5.74, 6) is 2.69. The summed E-state index contributed by atoms with van der Waals surface area (Å²) in [5.41, 5.74) is 1.66. The van der Waals surface area contributed by atoms with Gasteiger partial charge >= 0.3 is 0 Å². The molecule has 30 heavy (non-hydrogen) atoms. The van der Waals surface area contributed by atoms with Gasteiger partial charge in [-0.2, -0.15) is 0 Å². The Morgan fingerprint density at radius 2 is 1.50 bits per heavy atom. The highest BCUT2D eigenvalue weighted by atomic mass is 16.5. The van der Waals surface area contributed by atoms with Crippen molar-refractivity contribution in [3.05, 3.63) is 35.9 Å². The Morgan fingerprint density at radius 3 is 2.03 bits per heavy atom. The molecule has 1 aliphatic rings. The number of ether oxygens (including phenoxy) is 5. The second-order valence-corrected chi connectivity index (χ2v) is 7.08. The molecule has 2 aromatic rings. The Morgan fingerprint density at radius 1 is 0.867 bits per heavy atom. The smallest absolute Gasteiger partial charge is 0.232 e. The number of benzene rings is 2. The summed E-state index contributed by atoms with van der Waals surface area (Å²) in [5, 5.41) is 0. The summed E-state index contributed by atoms with van der Waals surface area (Å²) < 4.78 is 27.6. The SMILES string of the molecule is CCCOc1cc([C@H]2C(C)C(=O)N2c2cc(OC)c(OC)c(OC)c2)ccc1OC. The quantitative estimate of drug-likeness (QED) is 0.571. The van der Waals surface area contributed by atoms with Crippen LogP contribution in [0.1, 0.15) is 31.9 Å². The molecule has 0 aliphatic carbocycles. The standard InChI is InChI=1S/C23H29NO6/c1-7-10-30-18-11-15(8-9-17(18)26-3)21-14(2)23(25)24(21)16-12-19(27-4)22(29-6)20(13-16)28-5/h8-9,11-14,21H,7,10H2,1-6H3/t14?,21-/m1/s1. The van der Waals surface area contributed by atoms with Crippen LogP contribution in [0.4, 0.5) is 5.69 Å². The molecule has 1 unspecified atom stereocenters. The van der Waals surface area contributed by atoms with Crippen molar-refractivity contribution < 1.29 is 28.5 Å². The zero-order chi connectivity index (χ0) is 21.8. The average Bonchev–Trinajstić information content (AvgIpc) is 2.79. The van der Waals surface area contributed by atoms with Gasteiger partial charge in [0.2, 0.25) is 11.7 Å². The van der Waals surface area contributed by atoms with Crippen LogP contribution in [0.3, 0.4) is 0 Å². The van der Waals surface area contributed by atoms with Crippen molar-refractivity contribution in [2.45, 2.75) is 26.3 Å². The topological polar surface area (TPSA) is 66.5 Å². The molecule has 0 saturated carbocycles. The minimum absolute atomic E-state index is 0.0288. The zero-order valence-corrected chi connectivity index (χ0v) is 18.4. The van der Waals surface area contributed by atoms with E-state index in [0.717, 1.165) is 12.0 Å². The molecule has 7 heteroatoms. The van der Waals surface area contributed by atoms with Crippen molar-refractivity contribution in [1.82, 2.24) is 0 Å². The molecule has 1 heterocycles. The largest absolute Gasteiger partial charge is 0.493 e. The van der Waals surface area contributed by atoms with E-state index in [-0.39, 0.29) is 17.9 Å². The number of carbonyl (C=O) groups excluding carboxylic acids is 1. The van der Waals surface area contributed by atoms with Crippen molar-refractivity contribution in [1.29, 1.82) is 0 Å². The molecular weight excluding hydrogens is 386 g/mol. The zero-order valence-electron chi connectivity index (χ0n) is 18.4. The van der Waals surface area contributed by atoms with Crippen molar-refractivity contribution in [3.8, 4) is 28.7 Å². The third-order valence-electron chi connectivity index (χ3n) is 5.30. The normalized spacial score (nSPS) is 17.9. The fraction of sp³-hybridized carbons (Fsp3) is 0.435. The highest BCUT2D eigenvalue weighted by Gasteiger charge is 2.46. The fourth-order valence-corrected chi connectivity index (χ4v) is 3.77. The lowest BCUT2D eigenvalue weighted by atomic mass is 9.83. The van der Waals surface area contributed by atoms with Crippen molar-refractivity contribution >= 4 is 11.6 Å². The first-order valence-corrected chi connectivity index (χ1v) is 9.94. The summed E-state index contributed by atoms with van der Waals surface area (Å²) >= 11 is 0. The molecule has 1 fully saturated rings. The van der Waals surface area contributed by atoms with Crippen molar-refractivity contribution in [2.75, 3.05) is 39.9 Å². The maximum Gasteiger partial charge on any atom is 0.232 e. The number of hydrogen-bond donors (Lipinski definition) is 0. The first-order valence-electron chi connectivity index (χ1n) is 9.94. The Hall–Kier alpha value is -3.09. The molecule has 7 nitrogen and oxygen atoms in total. The molecule has 3 rings (SSSR count). The van der Waals surface area contributed by atoms with Gasteiger partial charge in [0.25, 0.3) is 0 Å². The first-order chi connectivity index (χ1) is 14.5. The Kier molecular flexibility index (Phi) is 6.59. The highest BCUT2D eigenvalue weighted by Crippen LogP contribution is 2.49. The predicted molar refractivity (Wildman–Crippen MR) is 114 cm³/mol. The highest BCUT2D eigenvalue weighted by molar-refractivity contribution is 6.03. The molecule has 1 saturated heterocycles. The van der Waals surface area contributed by atoms with Gasteiger partial charge in [-0.3, -0.25) is 4.79 Å². The Labute approximate surface area is 177 Å². The van der Waals surface area contributed by atoms with Crippen LogP contribution < -0.4 is 28.6 Å². The van der Waals surface area contributed by atoms with Crippen LogP contribution in [0.5, 0.6) is 28.7 Å². The summed E-state index contributed by atoms with van der Waals surface area (Å²) in [4.78, 5) is 14.6. The van der Waals surface area contributed by atoms with E-state index in [0.29, 0.717) is 41.0 Å². The molecule has 162 valence electrons. The van der Waals surface area contributed by atoms with E-state index >= 15 is 0 Å². The lowest BCUT2D eigenvalue weighted by molar-refractivity contribution is -0.129. The van der Waals surface area contributed by atoms with Gasteiger partial charge in [-0.25, -0.2) is 0 Å². The number of carbonyl (C=O) groups is 1. The van der Waals surface area contributed by atoms with Crippen molar-refractivity contribution in [2.24, 2.45) is 5.92 Å². The monoisotopic (exact) mass is 415 g/mol. The van der Waals surface area contributed by atoms with Gasteiger partial charge in [0.05, 0.1) is 52.7 Å². The molecule has 0 aromatic heterocycles. The molecule has 0 spiro atoms. The van der Waals surface area contributed by atoms with Gasteiger partial charge in [0, 0.05) is 12.1 Å². The van der Waals surface area contributed by atoms with Gasteiger partial charge in [-0.1, -0.05) is 19.9 Å². The minimum atomic E-state index is -0.170. The lowest BCUT2D eigenvalue weighted by Crippen LogP contribution is -2.54. The van der Waals surface area contributed by atoms with Crippen LogP contribution >= 0.6 is 0 Å². The first kappa shape index (κ1) is 21.6. The van der Waals surface area contributed by atoms with Gasteiger partial charge in [-0.15, -0.1) is 0 Å². The number of methoxy groups -OCH3 is 4. The van der Waals surface area contributed by atoms with E-state index in [1.807, 2.05) is 25.1 Å². The van der Waals surface area contributed by atoms with E-state index in [9.17, 15) is 4.79 Å². The third kappa shape index (κ3) is 3.72. The number of rotatable bonds is 9. The van der Waals surface area contributed by atoms with Gasteiger partial charge < -0.3 is 28.6 Å². The predicted octanol–water partition coefficient (Wildman–Crippen LogP) is 4.23. The molecule has 2 atom stereocenters. The minimum Gasteiger partial charge on any atom is -0.493 e. The summed E-state index contributed by atoms with van der Waals surface area (Å²) in [6.07, 6.45) is 0.892. The molecule has 0 bridgehead atoms. The van der Waals surface area contributed by atoms with Crippen LogP contribution in [0.25, 0.3) is 0 Å². The van der Waals surface area contributed by atoms with Crippen LogP contribution in [0.2, 0.25) is 0 Å². The van der Waals surface area contributed by atoms with Crippen LogP contribution in [0.15, 0.2) is 30.3 Å². The summed E-state index contributed by atoms with van der Waals surface area (Å²) in [7, 11) is 6.28. The second-order valence-electron chi connectivity index (χ2n) is 7.08. The molecule has 0 radical (unpaired) electrons. The van der Waals surface area contributed by atoms with Gasteiger partial charge in [0.15, 0.2) is 23.0 Å². The van der Waals surface area contributed by atoms with E-state index in [4.69, 9.17) is 23.7 Å². The van der Waals surface area contributed by atoms with E-state index in [1.54, 1.807) is 45.5 Å². The fourth-order valence-electron chi connectivity index (χ4n) is 3.77. The maximum absolute atomic E-state index is 12.8. The molecule has 0 N–H and O–H groups in total. The number of hydrogen-bond acceptors (Lipinski definition) is 6. The number of β-lactam (4-membered cyclic amide) rings is 1. The maximum atomic E-state index is 12.8. The van der Waals surface area contributed by atoms with Crippen LogP contribution in [-0.2, 0) is 4.79 Å². The molecule has 1 amide bonds. The van der Waals surface area contributed by atoms with E-state index in [2.05, 4.69) is 6.92 Å². The van der Waals surface area contributed by atoms with Crippen LogP contribution in [-0.4, -0.2) is 41.0 Å². The Balaban J connectivity index is 2.02. The van der Waals surface area contributed by atoms with Crippen LogP contribution in [0, 0.1) is 5.92 Å².